The molecule has 1 amide bonds. The Morgan fingerprint density at radius 2 is 2.27 bits per heavy atom. The average Bonchev–Trinajstić information content (AvgIpc) is 2.28. The molecule has 1 saturated heterocycles. The number of carbonyl (C=O) groups is 1. The van der Waals surface area contributed by atoms with Crippen molar-refractivity contribution in [2.75, 3.05) is 6.54 Å². The highest BCUT2D eigenvalue weighted by atomic mass is 16.2. The number of amides is 1. The van der Waals surface area contributed by atoms with Gasteiger partial charge < -0.3 is 4.90 Å². The molecular weight excluding hydrogens is 137 g/mol. The second-order valence-corrected chi connectivity index (χ2v) is 3.44. The van der Waals surface area contributed by atoms with Crippen molar-refractivity contribution < 1.29 is 4.79 Å². The topological polar surface area (TPSA) is 20.3 Å². The third-order valence-corrected chi connectivity index (χ3v) is 2.28. The molecule has 1 fully saturated rings. The second-order valence-electron chi connectivity index (χ2n) is 3.44. The molecule has 11 heavy (non-hydrogen) atoms. The first-order valence-corrected chi connectivity index (χ1v) is 4.14. The number of carbonyl (C=O) groups excluding carboxylic acids is 1. The van der Waals surface area contributed by atoms with Gasteiger partial charge in [-0.25, -0.2) is 0 Å². The van der Waals surface area contributed by atoms with Crippen LogP contribution >= 0.6 is 0 Å². The van der Waals surface area contributed by atoms with Crippen LogP contribution in [0.2, 0.25) is 6.32 Å². The van der Waals surface area contributed by atoms with Crippen molar-refractivity contribution in [2.24, 2.45) is 5.92 Å². The molecule has 2 atom stereocenters. The van der Waals surface area contributed by atoms with Gasteiger partial charge in [0.25, 0.3) is 0 Å². The van der Waals surface area contributed by atoms with Gasteiger partial charge in [-0.05, 0) is 25.6 Å². The fraction of sp³-hybridized carbons (Fsp3) is 0.875. The highest BCUT2D eigenvalue weighted by molar-refractivity contribution is 6.19. The highest BCUT2D eigenvalue weighted by Crippen LogP contribution is 2.22. The van der Waals surface area contributed by atoms with Gasteiger partial charge in [0.2, 0.25) is 5.91 Å². The summed E-state index contributed by atoms with van der Waals surface area (Å²) < 4.78 is 0. The van der Waals surface area contributed by atoms with Gasteiger partial charge >= 0.3 is 0 Å². The van der Waals surface area contributed by atoms with E-state index in [9.17, 15) is 4.79 Å². The van der Waals surface area contributed by atoms with E-state index in [2.05, 4.69) is 13.8 Å². The van der Waals surface area contributed by atoms with Crippen LogP contribution in [-0.2, 0) is 4.79 Å². The van der Waals surface area contributed by atoms with E-state index < -0.39 is 0 Å². The van der Waals surface area contributed by atoms with Crippen LogP contribution in [0.5, 0.6) is 0 Å². The quantitative estimate of drug-likeness (QED) is 0.508. The van der Waals surface area contributed by atoms with Gasteiger partial charge in [-0.3, -0.25) is 4.79 Å². The Morgan fingerprint density at radius 1 is 1.64 bits per heavy atom. The van der Waals surface area contributed by atoms with E-state index in [1.165, 1.54) is 0 Å². The molecule has 1 rings (SSSR count). The first kappa shape index (κ1) is 8.63. The zero-order chi connectivity index (χ0) is 8.43. The molecule has 3 heteroatoms. The van der Waals surface area contributed by atoms with Crippen LogP contribution in [0.1, 0.15) is 20.3 Å². The number of nitrogens with zero attached hydrogens (tertiary/aromatic N) is 1. The van der Waals surface area contributed by atoms with Crippen LogP contribution in [-0.4, -0.2) is 31.2 Å². The molecule has 0 aromatic rings. The molecule has 0 bridgehead atoms. The maximum atomic E-state index is 11.2. The van der Waals surface area contributed by atoms with Crippen LogP contribution in [0.3, 0.4) is 0 Å². The SMILES string of the molecule is [B]CC(=O)N1CC(C)CC1C. The number of hydrogen-bond acceptors (Lipinski definition) is 1. The van der Waals surface area contributed by atoms with Crippen molar-refractivity contribution in [1.29, 1.82) is 0 Å². The lowest BCUT2D eigenvalue weighted by Gasteiger charge is -2.20. The summed E-state index contributed by atoms with van der Waals surface area (Å²) in [6.45, 7) is 5.13. The lowest BCUT2D eigenvalue weighted by molar-refractivity contribution is -0.129. The lowest BCUT2D eigenvalue weighted by atomic mass is 10.0. The summed E-state index contributed by atoms with van der Waals surface area (Å²) in [5, 5.41) is 0. The van der Waals surface area contributed by atoms with Crippen molar-refractivity contribution in [3.63, 3.8) is 0 Å². The molecule has 1 aliphatic heterocycles. The van der Waals surface area contributed by atoms with Crippen LogP contribution < -0.4 is 0 Å². The normalized spacial score (nSPS) is 30.9. The summed E-state index contributed by atoms with van der Waals surface area (Å²) in [5.74, 6) is 0.724. The van der Waals surface area contributed by atoms with E-state index in [1.807, 2.05) is 4.90 Å². The number of hydrogen-bond donors (Lipinski definition) is 0. The molecule has 0 aliphatic carbocycles. The number of rotatable bonds is 1. The minimum atomic E-state index is 0.0850. The van der Waals surface area contributed by atoms with Crippen molar-refractivity contribution in [1.82, 2.24) is 4.90 Å². The standard InChI is InChI=1S/C8H14BNO/c1-6-3-7(2)10(5-6)8(11)4-9/h6-7H,3-5H2,1-2H3. The summed E-state index contributed by atoms with van der Waals surface area (Å²) >= 11 is 0. The Kier molecular flexibility index (Phi) is 2.58. The van der Waals surface area contributed by atoms with Crippen LogP contribution in [0.15, 0.2) is 0 Å². The van der Waals surface area contributed by atoms with Crippen LogP contribution in [0.25, 0.3) is 0 Å². The molecule has 1 aliphatic rings. The monoisotopic (exact) mass is 151 g/mol. The Bertz CT molecular complexity index is 160. The molecule has 0 N–H and O–H groups in total. The first-order valence-electron chi connectivity index (χ1n) is 4.14. The molecule has 1 heterocycles. The maximum Gasteiger partial charge on any atom is 0.214 e. The van der Waals surface area contributed by atoms with Crippen molar-refractivity contribution in [3.05, 3.63) is 0 Å². The van der Waals surface area contributed by atoms with Crippen LogP contribution in [0.4, 0.5) is 0 Å². The summed E-state index contributed by atoms with van der Waals surface area (Å²) in [7, 11) is 5.27. The Hall–Kier alpha value is -0.465. The fourth-order valence-electron chi connectivity index (χ4n) is 1.76. The van der Waals surface area contributed by atoms with Gasteiger partial charge in [-0.2, -0.15) is 0 Å². The van der Waals surface area contributed by atoms with E-state index >= 15 is 0 Å². The molecule has 2 radical (unpaired) electrons. The summed E-state index contributed by atoms with van der Waals surface area (Å²) in [6.07, 6.45) is 1.27. The fourth-order valence-corrected chi connectivity index (χ4v) is 1.76. The Morgan fingerprint density at radius 3 is 2.64 bits per heavy atom. The van der Waals surface area contributed by atoms with Crippen LogP contribution in [0, 0.1) is 5.92 Å². The largest absolute Gasteiger partial charge is 0.340 e. The molecule has 60 valence electrons. The minimum absolute atomic E-state index is 0.0850. The molecule has 2 unspecified atom stereocenters. The zero-order valence-electron chi connectivity index (χ0n) is 7.21. The second kappa shape index (κ2) is 3.29. The van der Waals surface area contributed by atoms with E-state index in [1.54, 1.807) is 0 Å². The van der Waals surface area contributed by atoms with E-state index in [0.717, 1.165) is 13.0 Å². The number of likely N-dealkylation sites (tertiary alicyclic amines) is 1. The maximum absolute atomic E-state index is 11.2. The molecule has 0 aromatic heterocycles. The molecule has 0 aromatic carbocycles. The summed E-state index contributed by atoms with van der Waals surface area (Å²) in [4.78, 5) is 13.1. The zero-order valence-corrected chi connectivity index (χ0v) is 7.21. The van der Waals surface area contributed by atoms with Gasteiger partial charge in [0.15, 0.2) is 0 Å². The Balaban J connectivity index is 2.52. The van der Waals surface area contributed by atoms with Gasteiger partial charge in [0, 0.05) is 12.6 Å². The predicted molar refractivity (Wildman–Crippen MR) is 45.5 cm³/mol. The highest BCUT2D eigenvalue weighted by Gasteiger charge is 2.28. The van der Waals surface area contributed by atoms with E-state index in [4.69, 9.17) is 7.85 Å². The predicted octanol–water partition coefficient (Wildman–Crippen LogP) is 0.830. The molecule has 2 nitrogen and oxygen atoms in total. The third kappa shape index (κ3) is 1.76. The smallest absolute Gasteiger partial charge is 0.214 e. The lowest BCUT2D eigenvalue weighted by Crippen LogP contribution is -2.33. The van der Waals surface area contributed by atoms with Gasteiger partial charge in [0.1, 0.15) is 0 Å². The summed E-state index contributed by atoms with van der Waals surface area (Å²) in [6, 6.07) is 0.390. The third-order valence-electron chi connectivity index (χ3n) is 2.28. The minimum Gasteiger partial charge on any atom is -0.340 e. The average molecular weight is 151 g/mol. The first-order chi connectivity index (χ1) is 5.15. The molecular formula is C8H14BNO. The molecule has 0 spiro atoms. The summed E-state index contributed by atoms with van der Waals surface area (Å²) in [5.41, 5.74) is 0. The van der Waals surface area contributed by atoms with Gasteiger partial charge in [-0.15, -0.1) is 0 Å². The Labute approximate surface area is 69.4 Å². The van der Waals surface area contributed by atoms with Crippen molar-refractivity contribution in [3.8, 4) is 0 Å². The van der Waals surface area contributed by atoms with Gasteiger partial charge in [-0.1, -0.05) is 6.92 Å². The molecule has 0 saturated carbocycles. The van der Waals surface area contributed by atoms with Crippen molar-refractivity contribution >= 4 is 13.8 Å². The van der Waals surface area contributed by atoms with E-state index in [0.29, 0.717) is 12.0 Å². The van der Waals surface area contributed by atoms with Crippen molar-refractivity contribution in [2.45, 2.75) is 32.6 Å². The van der Waals surface area contributed by atoms with E-state index in [-0.39, 0.29) is 12.2 Å². The van der Waals surface area contributed by atoms with Gasteiger partial charge in [0.05, 0.1) is 7.85 Å².